The molecule has 2 aliphatic carbocycles. The summed E-state index contributed by atoms with van der Waals surface area (Å²) in [5, 5.41) is 0. The first-order valence-electron chi connectivity index (χ1n) is 7.20. The lowest BCUT2D eigenvalue weighted by Gasteiger charge is -2.34. The highest BCUT2D eigenvalue weighted by molar-refractivity contribution is 5.79. The van der Waals surface area contributed by atoms with Gasteiger partial charge in [0.1, 0.15) is 0 Å². The lowest BCUT2D eigenvalue weighted by molar-refractivity contribution is -0.138. The molecule has 0 aromatic carbocycles. The lowest BCUT2D eigenvalue weighted by Crippen LogP contribution is -2.43. The molecule has 0 bridgehead atoms. The third kappa shape index (κ3) is 2.82. The Morgan fingerprint density at radius 2 is 1.82 bits per heavy atom. The van der Waals surface area contributed by atoms with E-state index in [1.54, 1.807) is 0 Å². The molecule has 0 radical (unpaired) electrons. The van der Waals surface area contributed by atoms with Crippen LogP contribution in [-0.4, -0.2) is 30.4 Å². The van der Waals surface area contributed by atoms with Crippen molar-refractivity contribution in [2.45, 2.75) is 57.4 Å². The number of nitrogens with two attached hydrogens (primary N) is 1. The molecule has 0 spiro atoms. The molecule has 0 aromatic heterocycles. The topological polar surface area (TPSA) is 46.3 Å². The first-order valence-corrected chi connectivity index (χ1v) is 7.20. The van der Waals surface area contributed by atoms with Crippen LogP contribution < -0.4 is 5.73 Å². The van der Waals surface area contributed by atoms with E-state index >= 15 is 0 Å². The van der Waals surface area contributed by atoms with Crippen molar-refractivity contribution in [1.82, 2.24) is 4.90 Å². The van der Waals surface area contributed by atoms with Crippen LogP contribution in [0.4, 0.5) is 0 Å². The van der Waals surface area contributed by atoms with Crippen molar-refractivity contribution in [3.05, 3.63) is 0 Å². The van der Waals surface area contributed by atoms with Crippen LogP contribution in [0.25, 0.3) is 0 Å². The molecule has 17 heavy (non-hydrogen) atoms. The van der Waals surface area contributed by atoms with Crippen molar-refractivity contribution in [3.8, 4) is 0 Å². The molecule has 2 N–H and O–H groups in total. The maximum absolute atomic E-state index is 12.5. The van der Waals surface area contributed by atoms with Crippen molar-refractivity contribution in [1.29, 1.82) is 0 Å². The standard InChI is InChI=1S/C14H26N2O/c1-16(12-7-3-2-4-8-12)14(17)13-9-5-6-11(13)10-15/h11-13H,2-10,15H2,1H3. The van der Waals surface area contributed by atoms with Gasteiger partial charge in [0.2, 0.25) is 5.91 Å². The molecule has 2 saturated carbocycles. The number of rotatable bonds is 3. The second kappa shape index (κ2) is 5.85. The Hall–Kier alpha value is -0.570. The number of carbonyl (C=O) groups is 1. The van der Waals surface area contributed by atoms with Gasteiger partial charge < -0.3 is 10.6 Å². The summed E-state index contributed by atoms with van der Waals surface area (Å²) >= 11 is 0. The van der Waals surface area contributed by atoms with Gasteiger partial charge in [-0.25, -0.2) is 0 Å². The molecular formula is C14H26N2O. The van der Waals surface area contributed by atoms with E-state index in [4.69, 9.17) is 5.73 Å². The molecule has 2 atom stereocenters. The average molecular weight is 238 g/mol. The molecule has 3 heteroatoms. The number of nitrogens with zero attached hydrogens (tertiary/aromatic N) is 1. The minimum atomic E-state index is 0.215. The van der Waals surface area contributed by atoms with Gasteiger partial charge in [0.25, 0.3) is 0 Å². The van der Waals surface area contributed by atoms with Crippen LogP contribution in [-0.2, 0) is 4.79 Å². The first kappa shape index (κ1) is 12.9. The molecule has 0 saturated heterocycles. The summed E-state index contributed by atoms with van der Waals surface area (Å²) in [6.45, 7) is 0.676. The van der Waals surface area contributed by atoms with Gasteiger partial charge in [-0.05, 0) is 38.1 Å². The van der Waals surface area contributed by atoms with Crippen LogP contribution in [0, 0.1) is 11.8 Å². The molecule has 1 amide bonds. The van der Waals surface area contributed by atoms with Crippen molar-refractivity contribution >= 4 is 5.91 Å². The van der Waals surface area contributed by atoms with Crippen molar-refractivity contribution in [2.24, 2.45) is 17.6 Å². The smallest absolute Gasteiger partial charge is 0.225 e. The van der Waals surface area contributed by atoms with Gasteiger partial charge in [0, 0.05) is 19.0 Å². The summed E-state index contributed by atoms with van der Waals surface area (Å²) in [5.41, 5.74) is 5.77. The van der Waals surface area contributed by atoms with Crippen molar-refractivity contribution < 1.29 is 4.79 Å². The van der Waals surface area contributed by atoms with Gasteiger partial charge in [-0.3, -0.25) is 4.79 Å². The Kier molecular flexibility index (Phi) is 4.43. The minimum Gasteiger partial charge on any atom is -0.343 e. The van der Waals surface area contributed by atoms with Crippen LogP contribution in [0.1, 0.15) is 51.4 Å². The molecule has 0 aliphatic heterocycles. The highest BCUT2D eigenvalue weighted by Gasteiger charge is 2.35. The summed E-state index contributed by atoms with van der Waals surface area (Å²) in [4.78, 5) is 14.5. The van der Waals surface area contributed by atoms with Gasteiger partial charge in [-0.1, -0.05) is 25.7 Å². The van der Waals surface area contributed by atoms with E-state index < -0.39 is 0 Å². The van der Waals surface area contributed by atoms with Crippen LogP contribution in [0.2, 0.25) is 0 Å². The summed E-state index contributed by atoms with van der Waals surface area (Å²) in [6.07, 6.45) is 9.68. The van der Waals surface area contributed by atoms with E-state index in [1.165, 1.54) is 38.5 Å². The van der Waals surface area contributed by atoms with Crippen molar-refractivity contribution in [2.75, 3.05) is 13.6 Å². The van der Waals surface area contributed by atoms with E-state index in [1.807, 2.05) is 11.9 Å². The molecule has 2 aliphatic rings. The first-order chi connectivity index (χ1) is 8.24. The normalized spacial score (nSPS) is 30.5. The van der Waals surface area contributed by atoms with Gasteiger partial charge in [-0.2, -0.15) is 0 Å². The monoisotopic (exact) mass is 238 g/mol. The molecule has 0 aromatic rings. The molecule has 2 unspecified atom stereocenters. The third-order valence-corrected chi connectivity index (χ3v) is 4.75. The zero-order chi connectivity index (χ0) is 12.3. The van der Waals surface area contributed by atoms with E-state index in [-0.39, 0.29) is 5.92 Å². The van der Waals surface area contributed by atoms with Gasteiger partial charge in [0.15, 0.2) is 0 Å². The maximum Gasteiger partial charge on any atom is 0.225 e. The Morgan fingerprint density at radius 3 is 2.47 bits per heavy atom. The molecule has 2 rings (SSSR count). The van der Waals surface area contributed by atoms with Crippen LogP contribution in [0.15, 0.2) is 0 Å². The van der Waals surface area contributed by atoms with Gasteiger partial charge in [-0.15, -0.1) is 0 Å². The van der Waals surface area contributed by atoms with Crippen molar-refractivity contribution in [3.63, 3.8) is 0 Å². The summed E-state index contributed by atoms with van der Waals surface area (Å²) in [7, 11) is 2.00. The minimum absolute atomic E-state index is 0.215. The SMILES string of the molecule is CN(C(=O)C1CCCC1CN)C1CCCCC1. The number of carbonyl (C=O) groups excluding carboxylic acids is 1. The van der Waals surface area contributed by atoms with Crippen LogP contribution in [0.5, 0.6) is 0 Å². The number of amides is 1. The fourth-order valence-electron chi connectivity index (χ4n) is 3.55. The second-order valence-corrected chi connectivity index (χ2v) is 5.77. The van der Waals surface area contributed by atoms with E-state index in [9.17, 15) is 4.79 Å². The molecule has 2 fully saturated rings. The summed E-state index contributed by atoms with van der Waals surface area (Å²) < 4.78 is 0. The predicted octanol–water partition coefficient (Wildman–Crippen LogP) is 2.15. The average Bonchev–Trinajstić information content (AvgIpc) is 2.86. The molecule has 0 heterocycles. The zero-order valence-electron chi connectivity index (χ0n) is 11.0. The third-order valence-electron chi connectivity index (χ3n) is 4.75. The van der Waals surface area contributed by atoms with Gasteiger partial charge >= 0.3 is 0 Å². The van der Waals surface area contributed by atoms with Gasteiger partial charge in [0.05, 0.1) is 0 Å². The highest BCUT2D eigenvalue weighted by Crippen LogP contribution is 2.33. The summed E-state index contributed by atoms with van der Waals surface area (Å²) in [5.74, 6) is 1.02. The van der Waals surface area contributed by atoms with E-state index in [0.717, 1.165) is 12.8 Å². The Balaban J connectivity index is 1.93. The predicted molar refractivity (Wildman–Crippen MR) is 69.5 cm³/mol. The molecular weight excluding hydrogens is 212 g/mol. The molecule has 98 valence electrons. The number of hydrogen-bond acceptors (Lipinski definition) is 2. The lowest BCUT2D eigenvalue weighted by atomic mass is 9.91. The summed E-state index contributed by atoms with van der Waals surface area (Å²) in [6, 6.07) is 0.496. The Morgan fingerprint density at radius 1 is 1.12 bits per heavy atom. The maximum atomic E-state index is 12.5. The Labute approximate surface area is 105 Å². The Bertz CT molecular complexity index is 261. The fourth-order valence-corrected chi connectivity index (χ4v) is 3.55. The fraction of sp³-hybridized carbons (Fsp3) is 0.929. The zero-order valence-corrected chi connectivity index (χ0v) is 11.0. The van der Waals surface area contributed by atoms with Crippen LogP contribution in [0.3, 0.4) is 0 Å². The molecule has 3 nitrogen and oxygen atoms in total. The highest BCUT2D eigenvalue weighted by atomic mass is 16.2. The van der Waals surface area contributed by atoms with E-state index in [2.05, 4.69) is 0 Å². The van der Waals surface area contributed by atoms with E-state index in [0.29, 0.717) is 24.4 Å². The largest absolute Gasteiger partial charge is 0.343 e. The second-order valence-electron chi connectivity index (χ2n) is 5.77. The van der Waals surface area contributed by atoms with Crippen LogP contribution >= 0.6 is 0 Å². The quantitative estimate of drug-likeness (QED) is 0.819. The number of hydrogen-bond donors (Lipinski definition) is 1.